The molecule has 0 bridgehead atoms. The minimum atomic E-state index is -0.830. The van der Waals surface area contributed by atoms with Crippen molar-refractivity contribution in [2.24, 2.45) is 0 Å². The quantitative estimate of drug-likeness (QED) is 0.474. The van der Waals surface area contributed by atoms with E-state index in [9.17, 15) is 19.7 Å². The van der Waals surface area contributed by atoms with Crippen LogP contribution in [0, 0.1) is 10.1 Å². The van der Waals surface area contributed by atoms with Crippen LogP contribution in [0.25, 0.3) is 0 Å². The molecule has 1 aromatic carbocycles. The first-order valence-electron chi connectivity index (χ1n) is 6.20. The van der Waals surface area contributed by atoms with E-state index < -0.39 is 22.8 Å². The maximum Gasteiger partial charge on any atom is 0.329 e. The number of benzene rings is 1. The summed E-state index contributed by atoms with van der Waals surface area (Å²) in [4.78, 5) is 35.4. The molecule has 0 spiro atoms. The Morgan fingerprint density at radius 3 is 2.75 bits per heavy atom. The van der Waals surface area contributed by atoms with E-state index in [-0.39, 0.29) is 24.4 Å². The predicted octanol–water partition coefficient (Wildman–Crippen LogP) is 1.44. The number of ether oxygens (including phenoxy) is 1. The highest BCUT2D eigenvalue weighted by molar-refractivity contribution is 6.03. The molecule has 1 aliphatic rings. The Bertz CT molecular complexity index is 584. The van der Waals surface area contributed by atoms with E-state index in [4.69, 9.17) is 4.74 Å². The number of fused-ring (bicyclic) bond motifs is 1. The molecule has 1 aliphatic heterocycles. The molecule has 0 fully saturated rings. The smallest absolute Gasteiger partial charge is 0.329 e. The van der Waals surface area contributed by atoms with Crippen LogP contribution in [0.2, 0.25) is 0 Å². The molecule has 1 aromatic rings. The summed E-state index contributed by atoms with van der Waals surface area (Å²) in [6.45, 7) is 3.14. The van der Waals surface area contributed by atoms with Gasteiger partial charge in [-0.3, -0.25) is 19.8 Å². The predicted molar refractivity (Wildman–Crippen MR) is 70.4 cm³/mol. The molecule has 2 rings (SSSR count). The molecule has 0 unspecified atom stereocenters. The fraction of sp³-hybridized carbons (Fsp3) is 0.385. The number of rotatable bonds is 3. The number of anilines is 1. The standard InChI is InChI=1S/C13H14N2O5/c1-3-20-13(17)11-7-9-5-4-6-10(15(18)19)12(9)14(11)8(2)16/h4-6,11H,3,7H2,1-2H3/t11-/m0/s1. The van der Waals surface area contributed by atoms with Gasteiger partial charge < -0.3 is 4.74 Å². The molecule has 7 nitrogen and oxygen atoms in total. The Kier molecular flexibility index (Phi) is 3.69. The number of hydrogen-bond donors (Lipinski definition) is 0. The summed E-state index contributed by atoms with van der Waals surface area (Å²) in [7, 11) is 0. The van der Waals surface area contributed by atoms with Crippen LogP contribution < -0.4 is 4.90 Å². The van der Waals surface area contributed by atoms with Gasteiger partial charge in [0.25, 0.3) is 5.69 Å². The number of carbonyl (C=O) groups excluding carboxylic acids is 2. The van der Waals surface area contributed by atoms with Gasteiger partial charge in [0.15, 0.2) is 0 Å². The van der Waals surface area contributed by atoms with Gasteiger partial charge in [0.1, 0.15) is 11.7 Å². The SMILES string of the molecule is CCOC(=O)[C@@H]1Cc2cccc([N+](=O)[O-])c2N1C(C)=O. The van der Waals surface area contributed by atoms with Crippen molar-refractivity contribution >= 4 is 23.3 Å². The summed E-state index contributed by atoms with van der Waals surface area (Å²) in [6.07, 6.45) is 0.232. The molecule has 7 heteroatoms. The van der Waals surface area contributed by atoms with E-state index in [1.54, 1.807) is 19.1 Å². The Morgan fingerprint density at radius 1 is 1.50 bits per heavy atom. The minimum absolute atomic E-state index is 0.176. The van der Waals surface area contributed by atoms with Gasteiger partial charge in [0.2, 0.25) is 5.91 Å². The summed E-state index contributed by atoms with van der Waals surface area (Å²) in [5, 5.41) is 11.1. The van der Waals surface area contributed by atoms with Gasteiger partial charge in [-0.25, -0.2) is 4.79 Å². The Balaban J connectivity index is 2.50. The van der Waals surface area contributed by atoms with Gasteiger partial charge in [-0.1, -0.05) is 12.1 Å². The molecule has 0 saturated heterocycles. The van der Waals surface area contributed by atoms with Crippen molar-refractivity contribution in [3.63, 3.8) is 0 Å². The Labute approximate surface area is 115 Å². The van der Waals surface area contributed by atoms with Gasteiger partial charge >= 0.3 is 5.97 Å². The van der Waals surface area contributed by atoms with Crippen molar-refractivity contribution in [2.75, 3.05) is 11.5 Å². The van der Waals surface area contributed by atoms with Crippen LogP contribution in [0.5, 0.6) is 0 Å². The van der Waals surface area contributed by atoms with Crippen LogP contribution in [0.1, 0.15) is 19.4 Å². The van der Waals surface area contributed by atoms with Crippen molar-refractivity contribution in [1.82, 2.24) is 0 Å². The number of hydrogen-bond acceptors (Lipinski definition) is 5. The number of nitro benzene ring substituents is 1. The first-order valence-corrected chi connectivity index (χ1v) is 6.20. The maximum absolute atomic E-state index is 11.9. The third-order valence-electron chi connectivity index (χ3n) is 3.16. The molecule has 20 heavy (non-hydrogen) atoms. The molecule has 106 valence electrons. The number of amides is 1. The zero-order chi connectivity index (χ0) is 14.9. The molecule has 0 aliphatic carbocycles. The Morgan fingerprint density at radius 2 is 2.20 bits per heavy atom. The molecule has 1 amide bonds. The number of nitro groups is 1. The van der Waals surface area contributed by atoms with E-state index in [1.807, 2.05) is 0 Å². The largest absolute Gasteiger partial charge is 0.464 e. The monoisotopic (exact) mass is 278 g/mol. The van der Waals surface area contributed by atoms with E-state index in [1.165, 1.54) is 13.0 Å². The third kappa shape index (κ3) is 2.22. The summed E-state index contributed by atoms with van der Waals surface area (Å²) < 4.78 is 4.94. The fourth-order valence-electron chi connectivity index (χ4n) is 2.43. The number of para-hydroxylation sites is 1. The molecular formula is C13H14N2O5. The third-order valence-corrected chi connectivity index (χ3v) is 3.16. The average molecular weight is 278 g/mol. The van der Waals surface area contributed by atoms with Crippen molar-refractivity contribution in [3.05, 3.63) is 33.9 Å². The lowest BCUT2D eigenvalue weighted by Crippen LogP contribution is -2.42. The molecular weight excluding hydrogens is 264 g/mol. The normalized spacial score (nSPS) is 16.7. The van der Waals surface area contributed by atoms with Gasteiger partial charge in [-0.15, -0.1) is 0 Å². The van der Waals surface area contributed by atoms with E-state index in [2.05, 4.69) is 0 Å². The van der Waals surface area contributed by atoms with E-state index in [0.717, 1.165) is 4.90 Å². The van der Waals surface area contributed by atoms with Crippen molar-refractivity contribution in [2.45, 2.75) is 26.3 Å². The van der Waals surface area contributed by atoms with Crippen molar-refractivity contribution in [3.8, 4) is 0 Å². The fourth-order valence-corrected chi connectivity index (χ4v) is 2.43. The first-order chi connectivity index (χ1) is 9.47. The lowest BCUT2D eigenvalue weighted by atomic mass is 10.1. The molecule has 0 aromatic heterocycles. The molecule has 0 N–H and O–H groups in total. The van der Waals surface area contributed by atoms with Crippen LogP contribution in [0.3, 0.4) is 0 Å². The zero-order valence-corrected chi connectivity index (χ0v) is 11.2. The lowest BCUT2D eigenvalue weighted by molar-refractivity contribution is -0.384. The van der Waals surface area contributed by atoms with Crippen molar-refractivity contribution in [1.29, 1.82) is 0 Å². The number of nitrogens with zero attached hydrogens (tertiary/aromatic N) is 2. The maximum atomic E-state index is 11.9. The van der Waals surface area contributed by atoms with Crippen LogP contribution in [0.4, 0.5) is 11.4 Å². The van der Waals surface area contributed by atoms with Crippen molar-refractivity contribution < 1.29 is 19.2 Å². The topological polar surface area (TPSA) is 89.8 Å². The number of esters is 1. The summed E-state index contributed by atoms with van der Waals surface area (Å²) >= 11 is 0. The second-order valence-electron chi connectivity index (χ2n) is 4.40. The van der Waals surface area contributed by atoms with Crippen LogP contribution in [0.15, 0.2) is 18.2 Å². The summed E-state index contributed by atoms with van der Waals surface area (Å²) in [5.41, 5.74) is 0.625. The summed E-state index contributed by atoms with van der Waals surface area (Å²) in [5.74, 6) is -0.968. The zero-order valence-electron chi connectivity index (χ0n) is 11.2. The van der Waals surface area contributed by atoms with Gasteiger partial charge in [0.05, 0.1) is 11.5 Å². The van der Waals surface area contributed by atoms with Crippen LogP contribution in [-0.2, 0) is 20.7 Å². The Hall–Kier alpha value is -2.44. The molecule has 1 atom stereocenters. The van der Waals surface area contributed by atoms with E-state index in [0.29, 0.717) is 5.56 Å². The second kappa shape index (κ2) is 5.28. The number of carbonyl (C=O) groups is 2. The minimum Gasteiger partial charge on any atom is -0.464 e. The average Bonchev–Trinajstić information content (AvgIpc) is 2.77. The van der Waals surface area contributed by atoms with Gasteiger partial charge in [0, 0.05) is 19.4 Å². The van der Waals surface area contributed by atoms with Gasteiger partial charge in [-0.05, 0) is 12.5 Å². The highest BCUT2D eigenvalue weighted by Crippen LogP contribution is 2.40. The van der Waals surface area contributed by atoms with Crippen LogP contribution >= 0.6 is 0 Å². The van der Waals surface area contributed by atoms with Gasteiger partial charge in [-0.2, -0.15) is 0 Å². The van der Waals surface area contributed by atoms with E-state index >= 15 is 0 Å². The highest BCUT2D eigenvalue weighted by Gasteiger charge is 2.41. The van der Waals surface area contributed by atoms with Crippen LogP contribution in [-0.4, -0.2) is 29.4 Å². The molecule has 0 saturated carbocycles. The molecule has 0 radical (unpaired) electrons. The molecule has 1 heterocycles. The second-order valence-corrected chi connectivity index (χ2v) is 4.40. The highest BCUT2D eigenvalue weighted by atomic mass is 16.6. The summed E-state index contributed by atoms with van der Waals surface area (Å²) in [6, 6.07) is 3.71. The lowest BCUT2D eigenvalue weighted by Gasteiger charge is -2.22. The first kappa shape index (κ1) is 14.0.